The van der Waals surface area contributed by atoms with Gasteiger partial charge in [0.2, 0.25) is 0 Å². The van der Waals surface area contributed by atoms with E-state index in [2.05, 4.69) is 10.6 Å². The van der Waals surface area contributed by atoms with Crippen molar-refractivity contribution in [3.05, 3.63) is 48.0 Å². The summed E-state index contributed by atoms with van der Waals surface area (Å²) in [5, 5.41) is 5.53. The topological polar surface area (TPSA) is 85.9 Å². The molecule has 0 bridgehead atoms. The van der Waals surface area contributed by atoms with Gasteiger partial charge in [0.25, 0.3) is 11.8 Å². The van der Waals surface area contributed by atoms with Crippen molar-refractivity contribution in [2.45, 2.75) is 13.3 Å². The van der Waals surface area contributed by atoms with Crippen LogP contribution in [0.4, 0.5) is 5.69 Å². The molecule has 2 aromatic rings. The zero-order chi connectivity index (χ0) is 19.6. The highest BCUT2D eigenvalue weighted by molar-refractivity contribution is 5.95. The maximum Gasteiger partial charge on any atom is 0.262 e. The maximum absolute atomic E-state index is 12.1. The standard InChI is InChI=1S/C20H24N2O5/c1-4-11-21-20(24)14-5-10-17(18(12-14)26-3)27-13-19(23)22-15-6-8-16(25-2)9-7-15/h5-10,12H,4,11,13H2,1-3H3,(H,21,24)(H,22,23). The van der Waals surface area contributed by atoms with Crippen molar-refractivity contribution in [3.63, 3.8) is 0 Å². The molecular weight excluding hydrogens is 348 g/mol. The Hall–Kier alpha value is -3.22. The fraction of sp³-hybridized carbons (Fsp3) is 0.300. The Balaban J connectivity index is 1.95. The number of methoxy groups -OCH3 is 2. The normalized spacial score (nSPS) is 10.0. The van der Waals surface area contributed by atoms with E-state index in [-0.39, 0.29) is 18.4 Å². The second kappa shape index (κ2) is 10.1. The number of ether oxygens (including phenoxy) is 3. The van der Waals surface area contributed by atoms with Crippen LogP contribution >= 0.6 is 0 Å². The molecule has 7 heteroatoms. The van der Waals surface area contributed by atoms with Crippen molar-refractivity contribution in [3.8, 4) is 17.2 Å². The molecule has 0 unspecified atom stereocenters. The molecule has 0 aliphatic carbocycles. The van der Waals surface area contributed by atoms with E-state index in [1.165, 1.54) is 7.11 Å². The summed E-state index contributed by atoms with van der Waals surface area (Å²) in [6.07, 6.45) is 0.855. The van der Waals surface area contributed by atoms with Crippen molar-refractivity contribution in [1.82, 2.24) is 5.32 Å². The number of benzene rings is 2. The van der Waals surface area contributed by atoms with Crippen molar-refractivity contribution in [1.29, 1.82) is 0 Å². The molecule has 0 heterocycles. The third-order valence-electron chi connectivity index (χ3n) is 3.69. The largest absolute Gasteiger partial charge is 0.497 e. The molecule has 0 atom stereocenters. The van der Waals surface area contributed by atoms with E-state index in [9.17, 15) is 9.59 Å². The number of hydrogen-bond acceptors (Lipinski definition) is 5. The number of nitrogens with one attached hydrogen (secondary N) is 2. The molecule has 144 valence electrons. The molecule has 0 aliphatic heterocycles. The smallest absolute Gasteiger partial charge is 0.262 e. The average Bonchev–Trinajstić information content (AvgIpc) is 2.70. The first-order valence-electron chi connectivity index (χ1n) is 8.60. The second-order valence-electron chi connectivity index (χ2n) is 5.69. The minimum atomic E-state index is -0.313. The van der Waals surface area contributed by atoms with Gasteiger partial charge >= 0.3 is 0 Å². The first-order chi connectivity index (χ1) is 13.1. The molecule has 2 rings (SSSR count). The van der Waals surface area contributed by atoms with Gasteiger partial charge in [0, 0.05) is 17.8 Å². The van der Waals surface area contributed by atoms with E-state index in [1.807, 2.05) is 6.92 Å². The number of amides is 2. The van der Waals surface area contributed by atoms with E-state index < -0.39 is 0 Å². The SMILES string of the molecule is CCCNC(=O)c1ccc(OCC(=O)Nc2ccc(OC)cc2)c(OC)c1. The van der Waals surface area contributed by atoms with E-state index in [1.54, 1.807) is 49.6 Å². The lowest BCUT2D eigenvalue weighted by atomic mass is 10.2. The fourth-order valence-electron chi connectivity index (χ4n) is 2.28. The second-order valence-corrected chi connectivity index (χ2v) is 5.69. The van der Waals surface area contributed by atoms with Crippen LogP contribution in [0.1, 0.15) is 23.7 Å². The van der Waals surface area contributed by atoms with E-state index in [4.69, 9.17) is 14.2 Å². The lowest BCUT2D eigenvalue weighted by Gasteiger charge is -2.12. The van der Waals surface area contributed by atoms with E-state index in [0.717, 1.165) is 6.42 Å². The highest BCUT2D eigenvalue weighted by Gasteiger charge is 2.12. The zero-order valence-corrected chi connectivity index (χ0v) is 15.7. The number of rotatable bonds is 9. The zero-order valence-electron chi connectivity index (χ0n) is 15.7. The van der Waals surface area contributed by atoms with Crippen LogP contribution in [-0.2, 0) is 4.79 Å². The predicted octanol–water partition coefficient (Wildman–Crippen LogP) is 2.86. The highest BCUT2D eigenvalue weighted by Crippen LogP contribution is 2.28. The lowest BCUT2D eigenvalue weighted by Crippen LogP contribution is -2.24. The predicted molar refractivity (Wildman–Crippen MR) is 103 cm³/mol. The van der Waals surface area contributed by atoms with E-state index in [0.29, 0.717) is 35.0 Å². The minimum Gasteiger partial charge on any atom is -0.497 e. The Morgan fingerprint density at radius 3 is 2.33 bits per heavy atom. The van der Waals surface area contributed by atoms with Crippen molar-refractivity contribution in [2.24, 2.45) is 0 Å². The Labute approximate surface area is 158 Å². The first-order valence-corrected chi connectivity index (χ1v) is 8.60. The first kappa shape index (κ1) is 20.1. The summed E-state index contributed by atoms with van der Waals surface area (Å²) in [5.74, 6) is 0.980. The van der Waals surface area contributed by atoms with Gasteiger partial charge in [-0.3, -0.25) is 9.59 Å². The van der Waals surface area contributed by atoms with Crippen LogP contribution in [0.25, 0.3) is 0 Å². The van der Waals surface area contributed by atoms with Gasteiger partial charge in [0.1, 0.15) is 5.75 Å². The Morgan fingerprint density at radius 2 is 1.70 bits per heavy atom. The Morgan fingerprint density at radius 1 is 0.963 bits per heavy atom. The molecule has 0 aromatic heterocycles. The molecule has 2 N–H and O–H groups in total. The number of carbonyl (C=O) groups is 2. The summed E-state index contributed by atoms with van der Waals surface area (Å²) in [4.78, 5) is 24.1. The molecule has 0 saturated heterocycles. The van der Waals surface area contributed by atoms with Crippen LogP contribution in [0.2, 0.25) is 0 Å². The quantitative estimate of drug-likeness (QED) is 0.707. The summed E-state index contributed by atoms with van der Waals surface area (Å²) >= 11 is 0. The molecular formula is C20H24N2O5. The molecule has 0 saturated carbocycles. The van der Waals surface area contributed by atoms with Gasteiger partial charge in [0.15, 0.2) is 18.1 Å². The summed E-state index contributed by atoms with van der Waals surface area (Å²) in [6.45, 7) is 2.39. The van der Waals surface area contributed by atoms with Gasteiger partial charge in [-0.05, 0) is 48.9 Å². The molecule has 0 fully saturated rings. The molecule has 27 heavy (non-hydrogen) atoms. The van der Waals surface area contributed by atoms with Crippen LogP contribution in [0, 0.1) is 0 Å². The van der Waals surface area contributed by atoms with Crippen molar-refractivity contribution < 1.29 is 23.8 Å². The lowest BCUT2D eigenvalue weighted by molar-refractivity contribution is -0.118. The molecule has 0 spiro atoms. The number of anilines is 1. The summed E-state index contributed by atoms with van der Waals surface area (Å²) in [5.41, 5.74) is 1.11. The van der Waals surface area contributed by atoms with Crippen molar-refractivity contribution in [2.75, 3.05) is 32.7 Å². The maximum atomic E-state index is 12.1. The molecule has 2 aromatic carbocycles. The van der Waals surface area contributed by atoms with Crippen LogP contribution in [-0.4, -0.2) is 39.2 Å². The Bertz CT molecular complexity index is 774. The molecule has 0 radical (unpaired) electrons. The molecule has 7 nitrogen and oxygen atoms in total. The molecule has 0 aliphatic rings. The fourth-order valence-corrected chi connectivity index (χ4v) is 2.28. The monoisotopic (exact) mass is 372 g/mol. The van der Waals surface area contributed by atoms with Crippen LogP contribution in [0.15, 0.2) is 42.5 Å². The number of hydrogen-bond donors (Lipinski definition) is 2. The van der Waals surface area contributed by atoms with Crippen LogP contribution in [0.3, 0.4) is 0 Å². The van der Waals surface area contributed by atoms with Crippen molar-refractivity contribution >= 4 is 17.5 Å². The summed E-state index contributed by atoms with van der Waals surface area (Å²) in [7, 11) is 3.06. The average molecular weight is 372 g/mol. The van der Waals surface area contributed by atoms with Gasteiger partial charge < -0.3 is 24.8 Å². The third-order valence-corrected chi connectivity index (χ3v) is 3.69. The Kier molecular flexibility index (Phi) is 7.49. The van der Waals surface area contributed by atoms with Crippen LogP contribution in [0.5, 0.6) is 17.2 Å². The van der Waals surface area contributed by atoms with Gasteiger partial charge in [-0.15, -0.1) is 0 Å². The minimum absolute atomic E-state index is 0.182. The van der Waals surface area contributed by atoms with Crippen LogP contribution < -0.4 is 24.8 Å². The van der Waals surface area contributed by atoms with E-state index >= 15 is 0 Å². The summed E-state index contributed by atoms with van der Waals surface area (Å²) in [6, 6.07) is 11.8. The highest BCUT2D eigenvalue weighted by atomic mass is 16.5. The van der Waals surface area contributed by atoms with Gasteiger partial charge in [-0.1, -0.05) is 6.92 Å². The number of carbonyl (C=O) groups excluding carboxylic acids is 2. The van der Waals surface area contributed by atoms with Gasteiger partial charge in [0.05, 0.1) is 14.2 Å². The summed E-state index contributed by atoms with van der Waals surface area (Å²) < 4.78 is 15.9. The third kappa shape index (κ3) is 5.91. The van der Waals surface area contributed by atoms with Gasteiger partial charge in [-0.25, -0.2) is 0 Å². The van der Waals surface area contributed by atoms with Gasteiger partial charge in [-0.2, -0.15) is 0 Å². The molecule has 2 amide bonds.